The van der Waals surface area contributed by atoms with E-state index in [-0.39, 0.29) is 23.8 Å². The van der Waals surface area contributed by atoms with Gasteiger partial charge in [0.15, 0.2) is 0 Å². The molecule has 1 aliphatic heterocycles. The summed E-state index contributed by atoms with van der Waals surface area (Å²) in [5.41, 5.74) is 0. The molecule has 1 heterocycles. The number of piperazine rings is 1. The van der Waals surface area contributed by atoms with Gasteiger partial charge in [-0.25, -0.2) is 0 Å². The lowest BCUT2D eigenvalue weighted by Crippen LogP contribution is -2.59. The number of amides is 2. The second kappa shape index (κ2) is 4.45. The van der Waals surface area contributed by atoms with Crippen LogP contribution in [-0.4, -0.2) is 49.4 Å². The molecule has 0 radical (unpaired) electrons. The van der Waals surface area contributed by atoms with E-state index in [0.717, 1.165) is 18.4 Å². The Kier molecular flexibility index (Phi) is 2.81. The molecule has 3 aliphatic carbocycles. The average Bonchev–Trinajstić information content (AvgIpc) is 2.93. The highest BCUT2D eigenvalue weighted by atomic mass is 16.2. The van der Waals surface area contributed by atoms with Crippen molar-refractivity contribution < 1.29 is 9.59 Å². The number of hydrogen-bond donors (Lipinski definition) is 2. The third-order valence-corrected chi connectivity index (χ3v) is 6.10. The van der Waals surface area contributed by atoms with E-state index in [4.69, 9.17) is 0 Å². The molecule has 4 aliphatic rings. The van der Waals surface area contributed by atoms with Gasteiger partial charge in [-0.2, -0.15) is 0 Å². The van der Waals surface area contributed by atoms with Crippen LogP contribution in [0, 0.1) is 29.6 Å². The third kappa shape index (κ3) is 1.65. The first-order valence-corrected chi connectivity index (χ1v) is 7.95. The molecule has 0 spiro atoms. The lowest BCUT2D eigenvalue weighted by molar-refractivity contribution is -0.143. The maximum atomic E-state index is 12.8. The van der Waals surface area contributed by atoms with Gasteiger partial charge < -0.3 is 15.5 Å². The Hall–Kier alpha value is -1.10. The molecule has 3 saturated carbocycles. The van der Waals surface area contributed by atoms with Gasteiger partial charge in [0, 0.05) is 32.6 Å². The summed E-state index contributed by atoms with van der Waals surface area (Å²) in [7, 11) is 1.64. The largest absolute Gasteiger partial charge is 0.357 e. The molecule has 110 valence electrons. The number of nitrogens with one attached hydrogen (secondary N) is 2. The van der Waals surface area contributed by atoms with E-state index in [1.807, 2.05) is 4.90 Å². The molecule has 20 heavy (non-hydrogen) atoms. The van der Waals surface area contributed by atoms with Crippen molar-refractivity contribution in [3.63, 3.8) is 0 Å². The summed E-state index contributed by atoms with van der Waals surface area (Å²) >= 11 is 0. The van der Waals surface area contributed by atoms with E-state index in [0.29, 0.717) is 24.9 Å². The summed E-state index contributed by atoms with van der Waals surface area (Å²) < 4.78 is 0. The lowest BCUT2D eigenvalue weighted by atomic mass is 10.0. The van der Waals surface area contributed by atoms with Crippen molar-refractivity contribution in [1.82, 2.24) is 15.5 Å². The molecule has 5 heteroatoms. The number of fused-ring (bicyclic) bond motifs is 5. The number of nitrogens with zero attached hydrogens (tertiary/aromatic N) is 1. The SMILES string of the molecule is CNC(=O)C1CNCCN1C(=O)C1C2C3CCC(C3)C12. The van der Waals surface area contributed by atoms with Gasteiger partial charge in [-0.1, -0.05) is 0 Å². The zero-order valence-corrected chi connectivity index (χ0v) is 12.0. The quantitative estimate of drug-likeness (QED) is 0.736. The van der Waals surface area contributed by atoms with Gasteiger partial charge in [-0.3, -0.25) is 9.59 Å². The van der Waals surface area contributed by atoms with Gasteiger partial charge in [-0.15, -0.1) is 0 Å². The molecule has 2 N–H and O–H groups in total. The van der Waals surface area contributed by atoms with Crippen LogP contribution in [0.25, 0.3) is 0 Å². The standard InChI is InChI=1S/C15H23N3O2/c1-16-14(19)10-7-17-4-5-18(10)15(20)13-11-8-2-3-9(6-8)12(11)13/h8-13,17H,2-7H2,1H3,(H,16,19). The van der Waals surface area contributed by atoms with E-state index in [1.165, 1.54) is 19.3 Å². The summed E-state index contributed by atoms with van der Waals surface area (Å²) in [6, 6.07) is -0.319. The number of carbonyl (C=O) groups excluding carboxylic acids is 2. The molecule has 5 atom stereocenters. The molecule has 2 amide bonds. The van der Waals surface area contributed by atoms with Crippen molar-refractivity contribution in [2.45, 2.75) is 25.3 Å². The normalized spacial score (nSPS) is 45.1. The van der Waals surface area contributed by atoms with Crippen molar-refractivity contribution in [3.05, 3.63) is 0 Å². The van der Waals surface area contributed by atoms with Crippen LogP contribution >= 0.6 is 0 Å². The molecule has 4 rings (SSSR count). The minimum absolute atomic E-state index is 0.0423. The Bertz CT molecular complexity index is 436. The van der Waals surface area contributed by atoms with Crippen molar-refractivity contribution in [2.24, 2.45) is 29.6 Å². The highest BCUT2D eigenvalue weighted by molar-refractivity contribution is 5.90. The van der Waals surface area contributed by atoms with E-state index < -0.39 is 0 Å². The van der Waals surface area contributed by atoms with Crippen LogP contribution in [0.1, 0.15) is 19.3 Å². The van der Waals surface area contributed by atoms with Crippen LogP contribution in [-0.2, 0) is 9.59 Å². The third-order valence-electron chi connectivity index (χ3n) is 6.10. The molecule has 4 fully saturated rings. The minimum atomic E-state index is -0.319. The Labute approximate surface area is 119 Å². The highest BCUT2D eigenvalue weighted by Gasteiger charge is 2.68. The predicted molar refractivity (Wildman–Crippen MR) is 73.7 cm³/mol. The predicted octanol–water partition coefficient (Wildman–Crippen LogP) is -0.175. The van der Waals surface area contributed by atoms with Crippen LogP contribution in [0.3, 0.4) is 0 Å². The second-order valence-electron chi connectivity index (χ2n) is 6.88. The fourth-order valence-corrected chi connectivity index (χ4v) is 5.22. The van der Waals surface area contributed by atoms with E-state index in [1.54, 1.807) is 7.05 Å². The van der Waals surface area contributed by atoms with Crippen molar-refractivity contribution >= 4 is 11.8 Å². The number of rotatable bonds is 2. The first kappa shape index (κ1) is 12.6. The van der Waals surface area contributed by atoms with Crippen LogP contribution in [0.2, 0.25) is 0 Å². The van der Waals surface area contributed by atoms with Crippen molar-refractivity contribution in [2.75, 3.05) is 26.7 Å². The van der Waals surface area contributed by atoms with Gasteiger partial charge in [0.05, 0.1) is 0 Å². The molecule has 5 unspecified atom stereocenters. The lowest BCUT2D eigenvalue weighted by Gasteiger charge is -2.35. The summed E-state index contributed by atoms with van der Waals surface area (Å²) in [6.07, 6.45) is 4.02. The zero-order chi connectivity index (χ0) is 13.9. The summed E-state index contributed by atoms with van der Waals surface area (Å²) in [5, 5.41) is 5.91. The average molecular weight is 277 g/mol. The first-order valence-electron chi connectivity index (χ1n) is 7.95. The van der Waals surface area contributed by atoms with Crippen LogP contribution in [0.4, 0.5) is 0 Å². The molecular weight excluding hydrogens is 254 g/mol. The molecule has 0 aromatic rings. The fraction of sp³-hybridized carbons (Fsp3) is 0.867. The van der Waals surface area contributed by atoms with Gasteiger partial charge >= 0.3 is 0 Å². The molecule has 1 saturated heterocycles. The van der Waals surface area contributed by atoms with Gasteiger partial charge in [0.1, 0.15) is 6.04 Å². The molecule has 0 aromatic heterocycles. The Morgan fingerprint density at radius 2 is 1.90 bits per heavy atom. The smallest absolute Gasteiger partial charge is 0.243 e. The monoisotopic (exact) mass is 277 g/mol. The highest BCUT2D eigenvalue weighted by Crippen LogP contribution is 2.69. The topological polar surface area (TPSA) is 61.4 Å². The van der Waals surface area contributed by atoms with Gasteiger partial charge in [0.2, 0.25) is 11.8 Å². The molecule has 5 nitrogen and oxygen atoms in total. The van der Waals surface area contributed by atoms with Crippen molar-refractivity contribution in [3.8, 4) is 0 Å². The Morgan fingerprint density at radius 1 is 1.20 bits per heavy atom. The van der Waals surface area contributed by atoms with Crippen LogP contribution < -0.4 is 10.6 Å². The van der Waals surface area contributed by atoms with Crippen LogP contribution in [0.15, 0.2) is 0 Å². The fourth-order valence-electron chi connectivity index (χ4n) is 5.22. The Morgan fingerprint density at radius 3 is 2.55 bits per heavy atom. The number of hydrogen-bond acceptors (Lipinski definition) is 3. The van der Waals surface area contributed by atoms with Crippen molar-refractivity contribution in [1.29, 1.82) is 0 Å². The number of carbonyl (C=O) groups is 2. The molecule has 2 bridgehead atoms. The Balaban J connectivity index is 1.49. The van der Waals surface area contributed by atoms with E-state index in [2.05, 4.69) is 10.6 Å². The minimum Gasteiger partial charge on any atom is -0.357 e. The molecular formula is C15H23N3O2. The second-order valence-corrected chi connectivity index (χ2v) is 6.88. The summed E-state index contributed by atoms with van der Waals surface area (Å²) in [6.45, 7) is 2.05. The zero-order valence-electron chi connectivity index (χ0n) is 12.0. The maximum absolute atomic E-state index is 12.8. The van der Waals surface area contributed by atoms with Crippen LogP contribution in [0.5, 0.6) is 0 Å². The van der Waals surface area contributed by atoms with Gasteiger partial charge in [-0.05, 0) is 42.9 Å². The summed E-state index contributed by atoms with van der Waals surface area (Å²) in [5.74, 6) is 3.38. The summed E-state index contributed by atoms with van der Waals surface area (Å²) in [4.78, 5) is 26.7. The van der Waals surface area contributed by atoms with E-state index >= 15 is 0 Å². The van der Waals surface area contributed by atoms with Gasteiger partial charge in [0.25, 0.3) is 0 Å². The molecule has 0 aromatic carbocycles. The van der Waals surface area contributed by atoms with E-state index in [9.17, 15) is 9.59 Å². The maximum Gasteiger partial charge on any atom is 0.243 e. The first-order chi connectivity index (χ1) is 9.72. The number of likely N-dealkylation sites (N-methyl/N-ethyl adjacent to an activating group) is 1.